The molecule has 0 radical (unpaired) electrons. The predicted molar refractivity (Wildman–Crippen MR) is 76.6 cm³/mol. The number of halogens is 1. The topological polar surface area (TPSA) is 55.3 Å². The van der Waals surface area contributed by atoms with Crippen LogP contribution in [0.1, 0.15) is 24.4 Å². The van der Waals surface area contributed by atoms with Gasteiger partial charge in [-0.1, -0.05) is 23.7 Å². The lowest BCUT2D eigenvalue weighted by atomic mass is 9.86. The molecule has 1 aliphatic rings. The first kappa shape index (κ1) is 13.8. The van der Waals surface area contributed by atoms with Crippen molar-refractivity contribution in [1.82, 2.24) is 4.90 Å². The van der Waals surface area contributed by atoms with Gasteiger partial charge in [0.05, 0.1) is 0 Å². The number of likely N-dealkylation sites (tertiary alicyclic amines) is 1. The van der Waals surface area contributed by atoms with Crippen molar-refractivity contribution >= 4 is 11.6 Å². The molecule has 1 fully saturated rings. The summed E-state index contributed by atoms with van der Waals surface area (Å²) in [6.07, 6.45) is 2.31. The normalized spacial score (nSPS) is 19.9. The Morgan fingerprint density at radius 3 is 2.39 bits per heavy atom. The van der Waals surface area contributed by atoms with Crippen LogP contribution >= 0.6 is 11.6 Å². The van der Waals surface area contributed by atoms with E-state index in [0.29, 0.717) is 5.92 Å². The zero-order valence-electron chi connectivity index (χ0n) is 10.7. The van der Waals surface area contributed by atoms with Crippen LogP contribution in [0.3, 0.4) is 0 Å². The van der Waals surface area contributed by atoms with Crippen LogP contribution in [0.25, 0.3) is 0 Å². The van der Waals surface area contributed by atoms with Gasteiger partial charge in [0.1, 0.15) is 0 Å². The summed E-state index contributed by atoms with van der Waals surface area (Å²) < 4.78 is 0. The minimum absolute atomic E-state index is 0.127. The van der Waals surface area contributed by atoms with Gasteiger partial charge in [-0.2, -0.15) is 0 Å². The van der Waals surface area contributed by atoms with Gasteiger partial charge in [0.2, 0.25) is 0 Å². The first-order valence-electron chi connectivity index (χ1n) is 6.64. The maximum absolute atomic E-state index is 6.35. The molecule has 0 amide bonds. The molecule has 1 aliphatic heterocycles. The van der Waals surface area contributed by atoms with Crippen LogP contribution < -0.4 is 11.5 Å². The van der Waals surface area contributed by atoms with Gasteiger partial charge in [0.15, 0.2) is 0 Å². The smallest absolute Gasteiger partial charge is 0.0406 e. The number of benzene rings is 1. The fourth-order valence-electron chi connectivity index (χ4n) is 2.68. The van der Waals surface area contributed by atoms with E-state index in [1.807, 2.05) is 24.3 Å². The molecule has 1 saturated heterocycles. The quantitative estimate of drug-likeness (QED) is 0.878. The highest BCUT2D eigenvalue weighted by Gasteiger charge is 2.24. The van der Waals surface area contributed by atoms with Gasteiger partial charge in [-0.15, -0.1) is 0 Å². The van der Waals surface area contributed by atoms with Crippen molar-refractivity contribution < 1.29 is 0 Å². The number of nitrogens with zero attached hydrogens (tertiary/aromatic N) is 1. The van der Waals surface area contributed by atoms with Crippen molar-refractivity contribution in [2.45, 2.75) is 18.9 Å². The zero-order valence-corrected chi connectivity index (χ0v) is 11.4. The van der Waals surface area contributed by atoms with E-state index >= 15 is 0 Å². The largest absolute Gasteiger partial charge is 0.329 e. The van der Waals surface area contributed by atoms with Crippen molar-refractivity contribution in [3.05, 3.63) is 34.9 Å². The summed E-state index contributed by atoms with van der Waals surface area (Å²) in [5.41, 5.74) is 13.1. The van der Waals surface area contributed by atoms with Crippen molar-refractivity contribution in [1.29, 1.82) is 0 Å². The number of hydrogen-bond donors (Lipinski definition) is 2. The van der Waals surface area contributed by atoms with Gasteiger partial charge in [-0.25, -0.2) is 0 Å². The lowest BCUT2D eigenvalue weighted by molar-refractivity contribution is 0.173. The van der Waals surface area contributed by atoms with Crippen LogP contribution in [0.2, 0.25) is 5.02 Å². The van der Waals surface area contributed by atoms with Crippen LogP contribution in [0.5, 0.6) is 0 Å². The summed E-state index contributed by atoms with van der Waals surface area (Å²) in [6, 6.07) is 8.04. The van der Waals surface area contributed by atoms with E-state index in [1.54, 1.807) is 0 Å². The third-order valence-electron chi connectivity index (χ3n) is 3.84. The highest BCUT2D eigenvalue weighted by molar-refractivity contribution is 6.30. The van der Waals surface area contributed by atoms with Gasteiger partial charge in [-0.05, 0) is 49.5 Å². The summed E-state index contributed by atoms with van der Waals surface area (Å²) in [4.78, 5) is 2.42. The molecule has 3 nitrogen and oxygen atoms in total. The number of rotatable bonds is 4. The first-order valence-corrected chi connectivity index (χ1v) is 7.02. The second-order valence-corrected chi connectivity index (χ2v) is 5.48. The molecule has 1 atom stereocenters. The Morgan fingerprint density at radius 1 is 1.22 bits per heavy atom. The molecule has 4 heteroatoms. The van der Waals surface area contributed by atoms with Gasteiger partial charge in [-0.3, -0.25) is 0 Å². The molecule has 1 unspecified atom stereocenters. The van der Waals surface area contributed by atoms with E-state index in [2.05, 4.69) is 4.90 Å². The molecular formula is C14H22ClN3. The van der Waals surface area contributed by atoms with Crippen LogP contribution in [-0.2, 0) is 0 Å². The number of hydrogen-bond acceptors (Lipinski definition) is 3. The molecule has 1 heterocycles. The fraction of sp³-hybridized carbons (Fsp3) is 0.571. The third-order valence-corrected chi connectivity index (χ3v) is 4.09. The Labute approximate surface area is 114 Å². The summed E-state index contributed by atoms with van der Waals surface area (Å²) in [7, 11) is 0. The highest BCUT2D eigenvalue weighted by Crippen LogP contribution is 2.29. The molecule has 1 aromatic carbocycles. The Hall–Kier alpha value is -0.610. The molecule has 18 heavy (non-hydrogen) atoms. The molecule has 100 valence electrons. The SMILES string of the molecule is NCCN1CCC(C(N)c2ccc(Cl)cc2)CC1. The van der Waals surface area contributed by atoms with Crippen molar-refractivity contribution in [2.75, 3.05) is 26.2 Å². The van der Waals surface area contributed by atoms with Gasteiger partial charge >= 0.3 is 0 Å². The average molecular weight is 268 g/mol. The van der Waals surface area contributed by atoms with Crippen LogP contribution in [0.15, 0.2) is 24.3 Å². The lowest BCUT2D eigenvalue weighted by Gasteiger charge is -2.34. The Bertz CT molecular complexity index is 358. The van der Waals surface area contributed by atoms with E-state index < -0.39 is 0 Å². The van der Waals surface area contributed by atoms with Crippen LogP contribution in [0.4, 0.5) is 0 Å². The van der Waals surface area contributed by atoms with Crippen LogP contribution in [0, 0.1) is 5.92 Å². The fourth-order valence-corrected chi connectivity index (χ4v) is 2.80. The van der Waals surface area contributed by atoms with Gasteiger partial charge in [0.25, 0.3) is 0 Å². The molecule has 0 saturated carbocycles. The van der Waals surface area contributed by atoms with E-state index in [0.717, 1.165) is 44.0 Å². The molecule has 0 aliphatic carbocycles. The summed E-state index contributed by atoms with van der Waals surface area (Å²) in [5.74, 6) is 0.570. The molecule has 0 bridgehead atoms. The minimum Gasteiger partial charge on any atom is -0.329 e. The van der Waals surface area contributed by atoms with Gasteiger partial charge < -0.3 is 16.4 Å². The molecule has 4 N–H and O–H groups in total. The lowest BCUT2D eigenvalue weighted by Crippen LogP contribution is -2.39. The van der Waals surface area contributed by atoms with Crippen molar-refractivity contribution in [2.24, 2.45) is 17.4 Å². The van der Waals surface area contributed by atoms with Crippen molar-refractivity contribution in [3.8, 4) is 0 Å². The standard InChI is InChI=1S/C14H22ClN3/c15-13-3-1-11(2-4-13)14(17)12-5-8-18(9-6-12)10-7-16/h1-4,12,14H,5-10,16-17H2. The van der Waals surface area contributed by atoms with Crippen molar-refractivity contribution in [3.63, 3.8) is 0 Å². The molecule has 0 spiro atoms. The van der Waals surface area contributed by atoms with E-state index in [1.165, 1.54) is 5.56 Å². The first-order chi connectivity index (χ1) is 8.70. The molecule has 1 aromatic rings. The minimum atomic E-state index is 0.127. The summed E-state index contributed by atoms with van der Waals surface area (Å²) in [5, 5.41) is 0.767. The molecular weight excluding hydrogens is 246 g/mol. The Balaban J connectivity index is 1.91. The van der Waals surface area contributed by atoms with Crippen LogP contribution in [-0.4, -0.2) is 31.1 Å². The van der Waals surface area contributed by atoms with E-state index in [-0.39, 0.29) is 6.04 Å². The van der Waals surface area contributed by atoms with E-state index in [4.69, 9.17) is 23.1 Å². The summed E-state index contributed by atoms with van der Waals surface area (Å²) >= 11 is 5.90. The average Bonchev–Trinajstić information content (AvgIpc) is 2.40. The van der Waals surface area contributed by atoms with Gasteiger partial charge in [0, 0.05) is 24.2 Å². The maximum Gasteiger partial charge on any atom is 0.0406 e. The Kier molecular flexibility index (Phi) is 5.01. The second-order valence-electron chi connectivity index (χ2n) is 5.05. The monoisotopic (exact) mass is 267 g/mol. The Morgan fingerprint density at radius 2 is 1.83 bits per heavy atom. The zero-order chi connectivity index (χ0) is 13.0. The molecule has 0 aromatic heterocycles. The highest BCUT2D eigenvalue weighted by atomic mass is 35.5. The summed E-state index contributed by atoms with van der Waals surface area (Å²) in [6.45, 7) is 3.98. The second kappa shape index (κ2) is 6.53. The van der Waals surface area contributed by atoms with E-state index in [9.17, 15) is 0 Å². The molecule has 2 rings (SSSR count). The maximum atomic E-state index is 6.35. The number of nitrogens with two attached hydrogens (primary N) is 2. The third kappa shape index (κ3) is 3.45. The predicted octanol–water partition coefficient (Wildman–Crippen LogP) is 2.01. The number of piperidine rings is 1.